The first kappa shape index (κ1) is 17.7. The fourth-order valence-electron chi connectivity index (χ4n) is 2.98. The smallest absolute Gasteiger partial charge is 0.317 e. The molecule has 0 radical (unpaired) electrons. The molecule has 2 unspecified atom stereocenters. The first-order valence-corrected chi connectivity index (χ1v) is 9.02. The average Bonchev–Trinajstić information content (AvgIpc) is 2.52. The van der Waals surface area contributed by atoms with Crippen molar-refractivity contribution in [2.24, 2.45) is 11.8 Å². The zero-order valence-corrected chi connectivity index (χ0v) is 14.7. The Hall–Kier alpha value is -1.69. The summed E-state index contributed by atoms with van der Waals surface area (Å²) in [4.78, 5) is 26.3. The van der Waals surface area contributed by atoms with Gasteiger partial charge in [0.05, 0.1) is 5.92 Å². The highest BCUT2D eigenvalue weighted by Gasteiger charge is 2.31. The van der Waals surface area contributed by atoms with Gasteiger partial charge in [0.25, 0.3) is 0 Å². The first-order valence-electron chi connectivity index (χ1n) is 7.79. The fourth-order valence-corrected chi connectivity index (χ4v) is 3.68. The molecule has 2 rings (SSSR count). The number of rotatable bonds is 4. The van der Waals surface area contributed by atoms with E-state index in [1.807, 2.05) is 32.2 Å². The topological polar surface area (TPSA) is 69.6 Å². The van der Waals surface area contributed by atoms with Gasteiger partial charge in [-0.3, -0.25) is 4.79 Å². The molecule has 0 saturated carbocycles. The van der Waals surface area contributed by atoms with Crippen LogP contribution in [0.3, 0.4) is 0 Å². The van der Waals surface area contributed by atoms with Crippen LogP contribution < -0.4 is 5.32 Å². The Morgan fingerprint density at radius 1 is 1.39 bits per heavy atom. The summed E-state index contributed by atoms with van der Waals surface area (Å²) in [6.07, 6.45) is 2.65. The van der Waals surface area contributed by atoms with Gasteiger partial charge in [0.1, 0.15) is 0 Å². The Kier molecular flexibility index (Phi) is 5.93. The van der Waals surface area contributed by atoms with Gasteiger partial charge in [0, 0.05) is 24.5 Å². The number of nitrogens with zero attached hydrogens (tertiary/aromatic N) is 1. The molecule has 1 aliphatic rings. The van der Waals surface area contributed by atoms with Crippen molar-refractivity contribution in [1.29, 1.82) is 0 Å². The predicted molar refractivity (Wildman–Crippen MR) is 91.7 cm³/mol. The molecule has 1 aromatic carbocycles. The maximum Gasteiger partial charge on any atom is 0.317 e. The zero-order chi connectivity index (χ0) is 17.0. The van der Waals surface area contributed by atoms with Crippen LogP contribution in [0.4, 0.5) is 4.79 Å². The number of aliphatic carboxylic acids is 1. The van der Waals surface area contributed by atoms with Gasteiger partial charge in [-0.2, -0.15) is 0 Å². The van der Waals surface area contributed by atoms with Crippen molar-refractivity contribution in [2.45, 2.75) is 31.7 Å². The molecule has 1 saturated heterocycles. The molecule has 1 aromatic rings. The van der Waals surface area contributed by atoms with Crippen LogP contribution in [0.2, 0.25) is 0 Å². The summed E-state index contributed by atoms with van der Waals surface area (Å²) in [5.41, 5.74) is 2.27. The molecule has 1 fully saturated rings. The number of hydrogen-bond acceptors (Lipinski definition) is 3. The largest absolute Gasteiger partial charge is 0.481 e. The third-order valence-electron chi connectivity index (χ3n) is 4.17. The van der Waals surface area contributed by atoms with Crippen molar-refractivity contribution < 1.29 is 14.7 Å². The molecular formula is C17H24N2O3S. The summed E-state index contributed by atoms with van der Waals surface area (Å²) >= 11 is 1.66. The number of hydrogen-bond donors (Lipinski definition) is 2. The molecule has 0 aromatic heterocycles. The van der Waals surface area contributed by atoms with Gasteiger partial charge in [-0.15, -0.1) is 11.8 Å². The maximum atomic E-state index is 12.4. The van der Waals surface area contributed by atoms with E-state index >= 15 is 0 Å². The van der Waals surface area contributed by atoms with E-state index in [-0.39, 0.29) is 18.5 Å². The van der Waals surface area contributed by atoms with Crippen LogP contribution in [-0.2, 0) is 11.3 Å². The van der Waals surface area contributed by atoms with Gasteiger partial charge in [-0.25, -0.2) is 4.79 Å². The van der Waals surface area contributed by atoms with E-state index in [1.165, 1.54) is 5.56 Å². The minimum absolute atomic E-state index is 0.185. The quantitative estimate of drug-likeness (QED) is 0.830. The van der Waals surface area contributed by atoms with Gasteiger partial charge in [0.2, 0.25) is 0 Å². The highest BCUT2D eigenvalue weighted by atomic mass is 32.2. The second-order valence-corrected chi connectivity index (χ2v) is 7.10. The average molecular weight is 336 g/mol. The highest BCUT2D eigenvalue weighted by Crippen LogP contribution is 2.23. The summed E-state index contributed by atoms with van der Waals surface area (Å²) in [5, 5.41) is 12.1. The molecule has 1 aliphatic heterocycles. The predicted octanol–water partition coefficient (Wildman–Crippen LogP) is 2.97. The molecule has 23 heavy (non-hydrogen) atoms. The lowest BCUT2D eigenvalue weighted by Crippen LogP contribution is -2.49. The van der Waals surface area contributed by atoms with Crippen molar-refractivity contribution >= 4 is 23.8 Å². The second kappa shape index (κ2) is 7.73. The number of urea groups is 1. The van der Waals surface area contributed by atoms with E-state index in [2.05, 4.69) is 11.4 Å². The molecule has 2 amide bonds. The Morgan fingerprint density at radius 2 is 2.13 bits per heavy atom. The number of carboxylic acids is 1. The molecule has 2 N–H and O–H groups in total. The van der Waals surface area contributed by atoms with Crippen molar-refractivity contribution in [3.63, 3.8) is 0 Å². The molecule has 1 heterocycles. The molecule has 0 spiro atoms. The van der Waals surface area contributed by atoms with Crippen molar-refractivity contribution in [2.75, 3.05) is 19.3 Å². The number of nitrogens with one attached hydrogen (secondary N) is 1. The van der Waals surface area contributed by atoms with Crippen molar-refractivity contribution in [3.05, 3.63) is 29.3 Å². The lowest BCUT2D eigenvalue weighted by molar-refractivity contribution is -0.143. The van der Waals surface area contributed by atoms with E-state index < -0.39 is 11.9 Å². The van der Waals surface area contributed by atoms with Crippen LogP contribution in [0.1, 0.15) is 24.5 Å². The minimum Gasteiger partial charge on any atom is -0.481 e. The van der Waals surface area contributed by atoms with E-state index in [9.17, 15) is 14.7 Å². The lowest BCUT2D eigenvalue weighted by Gasteiger charge is -2.34. The standard InChI is InChI=1S/C17H24N2O3S/c1-11-4-5-13(15(7-11)23-3)8-18-17(22)19-9-12(2)6-14(10-19)16(20)21/h4-5,7,12,14H,6,8-10H2,1-3H3,(H,18,22)(H,20,21). The monoisotopic (exact) mass is 336 g/mol. The van der Waals surface area contributed by atoms with E-state index in [0.717, 1.165) is 10.5 Å². The number of carbonyl (C=O) groups excluding carboxylic acids is 1. The van der Waals surface area contributed by atoms with Crippen LogP contribution in [0.15, 0.2) is 23.1 Å². The highest BCUT2D eigenvalue weighted by molar-refractivity contribution is 7.98. The molecule has 2 atom stereocenters. The molecular weight excluding hydrogens is 312 g/mol. The third-order valence-corrected chi connectivity index (χ3v) is 4.99. The zero-order valence-electron chi connectivity index (χ0n) is 13.8. The summed E-state index contributed by atoms with van der Waals surface area (Å²) in [6, 6.07) is 5.98. The Bertz CT molecular complexity index is 591. The van der Waals surface area contributed by atoms with Gasteiger partial charge >= 0.3 is 12.0 Å². The number of carbonyl (C=O) groups is 2. The minimum atomic E-state index is -0.822. The number of piperidine rings is 1. The summed E-state index contributed by atoms with van der Waals surface area (Å²) in [6.45, 7) is 5.38. The van der Waals surface area contributed by atoms with Crippen LogP contribution in [0.5, 0.6) is 0 Å². The van der Waals surface area contributed by atoms with Crippen LogP contribution in [-0.4, -0.2) is 41.4 Å². The summed E-state index contributed by atoms with van der Waals surface area (Å²) in [5.74, 6) is -1.08. The molecule has 0 bridgehead atoms. The number of aryl methyl sites for hydroxylation is 1. The SMILES string of the molecule is CSc1cc(C)ccc1CNC(=O)N1CC(C)CC(C(=O)O)C1. The van der Waals surface area contributed by atoms with E-state index in [1.54, 1.807) is 16.7 Å². The number of benzene rings is 1. The van der Waals surface area contributed by atoms with Crippen molar-refractivity contribution in [1.82, 2.24) is 10.2 Å². The number of carboxylic acid groups (broad SMARTS) is 1. The van der Waals surface area contributed by atoms with E-state index in [4.69, 9.17) is 0 Å². The molecule has 0 aliphatic carbocycles. The van der Waals surface area contributed by atoms with Crippen LogP contribution >= 0.6 is 11.8 Å². The fraction of sp³-hybridized carbons (Fsp3) is 0.529. The van der Waals surface area contributed by atoms with Gasteiger partial charge in [-0.05, 0) is 42.7 Å². The number of likely N-dealkylation sites (tertiary alicyclic amines) is 1. The second-order valence-electron chi connectivity index (χ2n) is 6.26. The lowest BCUT2D eigenvalue weighted by atomic mass is 9.91. The third kappa shape index (κ3) is 4.64. The Morgan fingerprint density at radius 3 is 2.78 bits per heavy atom. The Labute approximate surface area is 141 Å². The van der Waals surface area contributed by atoms with Gasteiger partial charge < -0.3 is 15.3 Å². The normalized spacial score (nSPS) is 21.1. The molecule has 6 heteroatoms. The molecule has 126 valence electrons. The maximum absolute atomic E-state index is 12.4. The Balaban J connectivity index is 1.98. The van der Waals surface area contributed by atoms with Gasteiger partial charge in [0.15, 0.2) is 0 Å². The van der Waals surface area contributed by atoms with Gasteiger partial charge in [-0.1, -0.05) is 19.1 Å². The van der Waals surface area contributed by atoms with Crippen LogP contribution in [0.25, 0.3) is 0 Å². The van der Waals surface area contributed by atoms with Crippen LogP contribution in [0, 0.1) is 18.8 Å². The van der Waals surface area contributed by atoms with Crippen molar-refractivity contribution in [3.8, 4) is 0 Å². The first-order chi connectivity index (χ1) is 10.9. The number of thioether (sulfide) groups is 1. The summed E-state index contributed by atoms with van der Waals surface area (Å²) in [7, 11) is 0. The number of amides is 2. The summed E-state index contributed by atoms with van der Waals surface area (Å²) < 4.78 is 0. The molecule has 5 nitrogen and oxygen atoms in total. The van der Waals surface area contributed by atoms with E-state index in [0.29, 0.717) is 19.5 Å².